The van der Waals surface area contributed by atoms with Crippen LogP contribution < -0.4 is 4.74 Å². The van der Waals surface area contributed by atoms with E-state index in [1.54, 1.807) is 44.4 Å². The van der Waals surface area contributed by atoms with Gasteiger partial charge in [-0.2, -0.15) is 5.26 Å². The smallest absolute Gasteiger partial charge is 0.264 e. The number of carbonyl (C=O) groups is 1. The lowest BCUT2D eigenvalue weighted by Gasteiger charge is -2.13. The number of benzene rings is 2. The molecule has 2 aromatic rings. The average molecular weight is 489 g/mol. The topological polar surface area (TPSA) is 53.3 Å². The maximum Gasteiger partial charge on any atom is 0.264 e. The van der Waals surface area contributed by atoms with E-state index in [9.17, 15) is 10.1 Å². The van der Waals surface area contributed by atoms with Crippen molar-refractivity contribution in [3.63, 3.8) is 0 Å². The van der Waals surface area contributed by atoms with Gasteiger partial charge in [-0.05, 0) is 51.8 Å². The van der Waals surface area contributed by atoms with Gasteiger partial charge in [0.2, 0.25) is 0 Å². The molecule has 0 aliphatic carbocycles. The summed E-state index contributed by atoms with van der Waals surface area (Å²) >= 11 is 21.8. The van der Waals surface area contributed by atoms with Crippen LogP contribution in [0.1, 0.15) is 11.1 Å². The summed E-state index contributed by atoms with van der Waals surface area (Å²) in [7, 11) is 3.16. The number of nitriles is 1. The molecule has 0 radical (unpaired) electrons. The molecule has 0 spiro atoms. The van der Waals surface area contributed by atoms with Gasteiger partial charge in [0, 0.05) is 29.7 Å². The minimum absolute atomic E-state index is 0.00424. The van der Waals surface area contributed by atoms with E-state index < -0.39 is 0 Å². The monoisotopic (exact) mass is 486 g/mol. The fourth-order valence-corrected chi connectivity index (χ4v) is 3.59. The lowest BCUT2D eigenvalue weighted by molar-refractivity contribution is -0.124. The summed E-state index contributed by atoms with van der Waals surface area (Å²) < 4.78 is 6.36. The molecule has 27 heavy (non-hydrogen) atoms. The van der Waals surface area contributed by atoms with Crippen LogP contribution in [-0.2, 0) is 11.4 Å². The highest BCUT2D eigenvalue weighted by Crippen LogP contribution is 2.36. The first-order valence-corrected chi connectivity index (χ1v) is 9.55. The summed E-state index contributed by atoms with van der Waals surface area (Å²) in [4.78, 5) is 13.3. The average Bonchev–Trinajstić information content (AvgIpc) is 2.59. The van der Waals surface area contributed by atoms with E-state index in [4.69, 9.17) is 39.5 Å². The zero-order valence-corrected chi connectivity index (χ0v) is 18.2. The van der Waals surface area contributed by atoms with Crippen molar-refractivity contribution in [3.05, 3.63) is 66.6 Å². The summed E-state index contributed by atoms with van der Waals surface area (Å²) in [6.45, 7) is 0.200. The summed E-state index contributed by atoms with van der Waals surface area (Å²) in [5.74, 6) is 0.0414. The number of rotatable bonds is 5. The number of hydrogen-bond acceptors (Lipinski definition) is 3. The summed E-state index contributed by atoms with van der Waals surface area (Å²) in [6.07, 6.45) is 1.47. The second-order valence-electron chi connectivity index (χ2n) is 5.71. The third-order valence-corrected chi connectivity index (χ3v) is 4.93. The Hall–Kier alpha value is -1.71. The van der Waals surface area contributed by atoms with Gasteiger partial charge in [0.1, 0.15) is 18.2 Å². The van der Waals surface area contributed by atoms with Crippen LogP contribution in [0.15, 0.2) is 40.4 Å². The lowest BCUT2D eigenvalue weighted by atomic mass is 10.1. The number of carbonyl (C=O) groups excluding carboxylic acids is 1. The number of halogens is 4. The second kappa shape index (κ2) is 9.48. The first kappa shape index (κ1) is 21.6. The number of hydrogen-bond donors (Lipinski definition) is 0. The highest BCUT2D eigenvalue weighted by Gasteiger charge is 2.14. The van der Waals surface area contributed by atoms with Gasteiger partial charge in [0.05, 0.1) is 9.50 Å². The van der Waals surface area contributed by atoms with Crippen LogP contribution in [-0.4, -0.2) is 24.9 Å². The Kier molecular flexibility index (Phi) is 7.58. The molecule has 0 aliphatic heterocycles. The highest BCUT2D eigenvalue weighted by atomic mass is 79.9. The summed E-state index contributed by atoms with van der Waals surface area (Å²) in [5.41, 5.74) is 1.36. The maximum absolute atomic E-state index is 12.0. The molecule has 0 atom stereocenters. The third-order valence-electron chi connectivity index (χ3n) is 3.48. The fraction of sp³-hybridized carbons (Fsp3) is 0.158. The van der Waals surface area contributed by atoms with Crippen LogP contribution in [0.25, 0.3) is 6.08 Å². The third kappa shape index (κ3) is 5.63. The molecule has 0 saturated carbocycles. The molecule has 0 saturated heterocycles. The molecule has 1 amide bonds. The molecule has 0 aliphatic rings. The molecule has 2 aromatic carbocycles. The van der Waals surface area contributed by atoms with Crippen LogP contribution in [0, 0.1) is 11.3 Å². The number of likely N-dealkylation sites (N-methyl/N-ethyl adjacent to an activating group) is 1. The Morgan fingerprint density at radius 3 is 2.48 bits per heavy atom. The van der Waals surface area contributed by atoms with Crippen molar-refractivity contribution < 1.29 is 9.53 Å². The van der Waals surface area contributed by atoms with Gasteiger partial charge in [0.25, 0.3) is 5.91 Å². The van der Waals surface area contributed by atoms with Crippen molar-refractivity contribution in [1.29, 1.82) is 5.26 Å². The second-order valence-corrected chi connectivity index (χ2v) is 7.81. The SMILES string of the molecule is CN(C)C(=O)/C(C#N)=C\c1cc(Cl)c(OCc2ccc(Cl)cc2Cl)c(Br)c1. The van der Waals surface area contributed by atoms with E-state index in [2.05, 4.69) is 15.9 Å². The van der Waals surface area contributed by atoms with Crippen LogP contribution in [0.3, 0.4) is 0 Å². The van der Waals surface area contributed by atoms with Gasteiger partial charge in [-0.1, -0.05) is 40.9 Å². The van der Waals surface area contributed by atoms with Gasteiger partial charge in [-0.3, -0.25) is 4.79 Å². The molecule has 0 heterocycles. The molecular weight excluding hydrogens is 474 g/mol. The largest absolute Gasteiger partial charge is 0.486 e. The Labute approximate surface area is 181 Å². The van der Waals surface area contributed by atoms with Gasteiger partial charge in [0.15, 0.2) is 5.75 Å². The number of ether oxygens (including phenoxy) is 1. The predicted molar refractivity (Wildman–Crippen MR) is 112 cm³/mol. The first-order valence-electron chi connectivity index (χ1n) is 7.62. The van der Waals surface area contributed by atoms with Crippen LogP contribution in [0.2, 0.25) is 15.1 Å². The highest BCUT2D eigenvalue weighted by molar-refractivity contribution is 9.10. The van der Waals surface area contributed by atoms with E-state index >= 15 is 0 Å². The fourth-order valence-electron chi connectivity index (χ4n) is 2.14. The van der Waals surface area contributed by atoms with E-state index in [0.717, 1.165) is 5.56 Å². The van der Waals surface area contributed by atoms with E-state index in [1.807, 2.05) is 6.07 Å². The summed E-state index contributed by atoms with van der Waals surface area (Å²) in [6, 6.07) is 10.4. The van der Waals surface area contributed by atoms with Gasteiger partial charge in [-0.25, -0.2) is 0 Å². The molecule has 0 unspecified atom stereocenters. The van der Waals surface area contributed by atoms with Crippen molar-refractivity contribution in [1.82, 2.24) is 4.90 Å². The van der Waals surface area contributed by atoms with Crippen LogP contribution in [0.4, 0.5) is 0 Å². The molecular formula is C19H14BrCl3N2O2. The zero-order valence-electron chi connectivity index (χ0n) is 14.4. The number of amides is 1. The normalized spacial score (nSPS) is 11.1. The van der Waals surface area contributed by atoms with Crippen molar-refractivity contribution in [3.8, 4) is 11.8 Å². The molecule has 0 bridgehead atoms. The predicted octanol–water partition coefficient (Wildman–Crippen LogP) is 5.98. The molecule has 4 nitrogen and oxygen atoms in total. The Morgan fingerprint density at radius 1 is 1.22 bits per heavy atom. The molecule has 0 N–H and O–H groups in total. The minimum Gasteiger partial charge on any atom is -0.486 e. The molecule has 140 valence electrons. The van der Waals surface area contributed by atoms with E-state index in [-0.39, 0.29) is 18.1 Å². The first-order chi connectivity index (χ1) is 12.7. The Bertz CT molecular complexity index is 929. The molecule has 0 fully saturated rings. The maximum atomic E-state index is 12.0. The quantitative estimate of drug-likeness (QED) is 0.384. The van der Waals surface area contributed by atoms with Crippen molar-refractivity contribution in [2.24, 2.45) is 0 Å². The van der Waals surface area contributed by atoms with E-state index in [0.29, 0.717) is 30.9 Å². The van der Waals surface area contributed by atoms with Crippen LogP contribution in [0.5, 0.6) is 5.75 Å². The minimum atomic E-state index is -0.387. The Morgan fingerprint density at radius 2 is 1.93 bits per heavy atom. The van der Waals surface area contributed by atoms with Gasteiger partial charge < -0.3 is 9.64 Å². The molecule has 2 rings (SSSR count). The van der Waals surface area contributed by atoms with Crippen LogP contribution >= 0.6 is 50.7 Å². The van der Waals surface area contributed by atoms with Crippen molar-refractivity contribution in [2.45, 2.75) is 6.61 Å². The van der Waals surface area contributed by atoms with Crippen molar-refractivity contribution >= 4 is 62.7 Å². The molecule has 8 heteroatoms. The molecule has 0 aromatic heterocycles. The van der Waals surface area contributed by atoms with Crippen molar-refractivity contribution in [2.75, 3.05) is 14.1 Å². The van der Waals surface area contributed by atoms with Gasteiger partial charge in [-0.15, -0.1) is 0 Å². The Balaban J connectivity index is 2.26. The van der Waals surface area contributed by atoms with E-state index in [1.165, 1.54) is 11.0 Å². The summed E-state index contributed by atoms with van der Waals surface area (Å²) in [5, 5.41) is 10.6. The van der Waals surface area contributed by atoms with Gasteiger partial charge >= 0.3 is 0 Å². The number of nitrogens with zero attached hydrogens (tertiary/aromatic N) is 2. The lowest BCUT2D eigenvalue weighted by Crippen LogP contribution is -2.22. The zero-order chi connectivity index (χ0) is 20.1. The standard InChI is InChI=1S/C19H14BrCl3N2O2/c1-25(2)19(26)13(9-24)5-11-6-15(20)18(17(23)7-11)27-10-12-3-4-14(21)8-16(12)22/h3-8H,10H2,1-2H3/b13-5-.